The SMILES string of the molecule is CCCCc1cccc([C@]2(c3ccc(OC(F)F)cc3)N=C(N)NC2=O)c1. The Morgan fingerprint density at radius 1 is 1.19 bits per heavy atom. The second kappa shape index (κ2) is 7.73. The molecule has 0 radical (unpaired) electrons. The van der Waals surface area contributed by atoms with Crippen molar-refractivity contribution in [2.75, 3.05) is 0 Å². The first-order chi connectivity index (χ1) is 13.0. The smallest absolute Gasteiger partial charge is 0.387 e. The quantitative estimate of drug-likeness (QED) is 0.782. The molecule has 2 aromatic rings. The maximum Gasteiger partial charge on any atom is 0.387 e. The largest absolute Gasteiger partial charge is 0.435 e. The molecule has 1 aliphatic heterocycles. The standard InChI is InChI=1S/C20H21F2N3O2/c1-2-3-5-13-6-4-7-15(12-13)20(17(26)24-19(23)25-20)14-8-10-16(11-9-14)27-18(21)22/h4,6-12,18H,2-3,5H2,1H3,(H3,23,24,25,26)/t20-/m0/s1. The molecule has 27 heavy (non-hydrogen) atoms. The van der Waals surface area contributed by atoms with E-state index in [1.54, 1.807) is 12.1 Å². The minimum Gasteiger partial charge on any atom is -0.435 e. The number of carbonyl (C=O) groups excluding carboxylic acids is 1. The summed E-state index contributed by atoms with van der Waals surface area (Å²) in [5.74, 6) is -0.349. The fourth-order valence-corrected chi connectivity index (χ4v) is 3.23. The average molecular weight is 373 g/mol. The van der Waals surface area contributed by atoms with E-state index in [1.165, 1.54) is 12.1 Å². The highest BCUT2D eigenvalue weighted by molar-refractivity contribution is 6.09. The van der Waals surface area contributed by atoms with Crippen LogP contribution < -0.4 is 15.8 Å². The first kappa shape index (κ1) is 18.8. The molecule has 1 heterocycles. The predicted molar refractivity (Wildman–Crippen MR) is 98.7 cm³/mol. The number of ether oxygens (including phenoxy) is 1. The van der Waals surface area contributed by atoms with Crippen LogP contribution in [-0.4, -0.2) is 18.5 Å². The molecule has 0 aliphatic carbocycles. The minimum absolute atomic E-state index is 0.0101. The van der Waals surface area contributed by atoms with E-state index in [-0.39, 0.29) is 17.6 Å². The zero-order valence-electron chi connectivity index (χ0n) is 14.9. The van der Waals surface area contributed by atoms with Crippen molar-refractivity contribution in [1.82, 2.24) is 5.32 Å². The Balaban J connectivity index is 2.05. The molecule has 5 nitrogen and oxygen atoms in total. The van der Waals surface area contributed by atoms with Gasteiger partial charge in [0.05, 0.1) is 0 Å². The van der Waals surface area contributed by atoms with Crippen molar-refractivity contribution in [3.8, 4) is 5.75 Å². The van der Waals surface area contributed by atoms with Crippen LogP contribution in [0.15, 0.2) is 53.5 Å². The van der Waals surface area contributed by atoms with Gasteiger partial charge in [0, 0.05) is 0 Å². The van der Waals surface area contributed by atoms with Gasteiger partial charge in [-0.1, -0.05) is 49.7 Å². The van der Waals surface area contributed by atoms with Crippen molar-refractivity contribution in [3.05, 3.63) is 65.2 Å². The molecule has 3 rings (SSSR count). The number of guanidine groups is 1. The number of alkyl halides is 2. The molecule has 0 saturated carbocycles. The lowest BCUT2D eigenvalue weighted by molar-refractivity contribution is -0.122. The third kappa shape index (κ3) is 3.77. The summed E-state index contributed by atoms with van der Waals surface area (Å²) in [6.45, 7) is -0.799. The topological polar surface area (TPSA) is 76.7 Å². The molecular formula is C20H21F2N3O2. The zero-order chi connectivity index (χ0) is 19.4. The van der Waals surface area contributed by atoms with E-state index in [0.29, 0.717) is 11.1 Å². The van der Waals surface area contributed by atoms with Gasteiger partial charge in [-0.3, -0.25) is 10.1 Å². The Hall–Kier alpha value is -2.96. The molecule has 7 heteroatoms. The van der Waals surface area contributed by atoms with Crippen LogP contribution in [0.4, 0.5) is 8.78 Å². The van der Waals surface area contributed by atoms with Crippen molar-refractivity contribution in [1.29, 1.82) is 0 Å². The molecule has 1 amide bonds. The van der Waals surface area contributed by atoms with Crippen LogP contribution in [0.25, 0.3) is 0 Å². The van der Waals surface area contributed by atoms with Crippen molar-refractivity contribution in [2.24, 2.45) is 10.7 Å². The van der Waals surface area contributed by atoms with Gasteiger partial charge in [-0.25, -0.2) is 4.99 Å². The van der Waals surface area contributed by atoms with E-state index in [1.807, 2.05) is 24.3 Å². The fraction of sp³-hybridized carbons (Fsp3) is 0.300. The number of carbonyl (C=O) groups is 1. The van der Waals surface area contributed by atoms with Crippen LogP contribution in [0.5, 0.6) is 5.75 Å². The van der Waals surface area contributed by atoms with Crippen LogP contribution in [0.1, 0.15) is 36.5 Å². The van der Waals surface area contributed by atoms with Crippen LogP contribution in [0.3, 0.4) is 0 Å². The zero-order valence-corrected chi connectivity index (χ0v) is 14.9. The van der Waals surface area contributed by atoms with Gasteiger partial charge in [0.15, 0.2) is 11.5 Å². The minimum atomic E-state index is -2.91. The molecule has 0 spiro atoms. The van der Waals surface area contributed by atoms with Gasteiger partial charge in [-0.2, -0.15) is 8.78 Å². The number of aliphatic imine (C=N–C) groups is 1. The molecule has 142 valence electrons. The summed E-state index contributed by atoms with van der Waals surface area (Å²) in [5.41, 5.74) is 6.73. The lowest BCUT2D eigenvalue weighted by Gasteiger charge is -2.25. The number of benzene rings is 2. The van der Waals surface area contributed by atoms with Crippen LogP contribution in [-0.2, 0) is 16.8 Å². The monoisotopic (exact) mass is 373 g/mol. The Kier molecular flexibility index (Phi) is 5.39. The number of unbranched alkanes of at least 4 members (excludes halogenated alkanes) is 1. The van der Waals surface area contributed by atoms with Gasteiger partial charge in [-0.15, -0.1) is 0 Å². The average Bonchev–Trinajstić information content (AvgIpc) is 2.95. The fourth-order valence-electron chi connectivity index (χ4n) is 3.23. The number of aryl methyl sites for hydroxylation is 1. The van der Waals surface area contributed by atoms with E-state index in [9.17, 15) is 13.6 Å². The van der Waals surface area contributed by atoms with E-state index >= 15 is 0 Å². The molecule has 1 atom stereocenters. The summed E-state index contributed by atoms with van der Waals surface area (Å²) in [4.78, 5) is 17.2. The Bertz CT molecular complexity index is 853. The molecule has 2 aromatic carbocycles. The van der Waals surface area contributed by atoms with Crippen molar-refractivity contribution >= 4 is 11.9 Å². The summed E-state index contributed by atoms with van der Waals surface area (Å²) < 4.78 is 29.2. The number of nitrogens with one attached hydrogen (secondary N) is 1. The van der Waals surface area contributed by atoms with E-state index in [0.717, 1.165) is 24.8 Å². The van der Waals surface area contributed by atoms with Crippen molar-refractivity contribution < 1.29 is 18.3 Å². The molecule has 1 aliphatic rings. The number of halogens is 2. The maximum absolute atomic E-state index is 12.8. The highest BCUT2D eigenvalue weighted by atomic mass is 19.3. The van der Waals surface area contributed by atoms with E-state index in [2.05, 4.69) is 22.0 Å². The highest BCUT2D eigenvalue weighted by Gasteiger charge is 2.46. The molecule has 0 fully saturated rings. The Labute approximate surface area is 156 Å². The number of nitrogens with two attached hydrogens (primary N) is 1. The summed E-state index contributed by atoms with van der Waals surface area (Å²) >= 11 is 0. The number of rotatable bonds is 7. The first-order valence-corrected chi connectivity index (χ1v) is 8.77. The van der Waals surface area contributed by atoms with Gasteiger partial charge in [0.2, 0.25) is 0 Å². The normalized spacial score (nSPS) is 19.1. The lowest BCUT2D eigenvalue weighted by atomic mass is 9.82. The van der Waals surface area contributed by atoms with Crippen LogP contribution in [0, 0.1) is 0 Å². The van der Waals surface area contributed by atoms with Gasteiger partial charge in [0.1, 0.15) is 5.75 Å². The van der Waals surface area contributed by atoms with Crippen molar-refractivity contribution in [2.45, 2.75) is 38.3 Å². The van der Waals surface area contributed by atoms with Crippen molar-refractivity contribution in [3.63, 3.8) is 0 Å². The summed E-state index contributed by atoms with van der Waals surface area (Å²) in [5, 5.41) is 2.55. The third-order valence-corrected chi connectivity index (χ3v) is 4.52. The van der Waals surface area contributed by atoms with Gasteiger partial charge in [-0.05, 0) is 41.7 Å². The molecule has 3 N–H and O–H groups in total. The van der Waals surface area contributed by atoms with E-state index < -0.39 is 12.2 Å². The second-order valence-corrected chi connectivity index (χ2v) is 6.37. The molecule has 0 aromatic heterocycles. The van der Waals surface area contributed by atoms with Gasteiger partial charge < -0.3 is 10.5 Å². The third-order valence-electron chi connectivity index (χ3n) is 4.52. The molecule has 0 bridgehead atoms. The molecule has 0 saturated heterocycles. The molecule has 0 unspecified atom stereocenters. The van der Waals surface area contributed by atoms with Gasteiger partial charge in [0.25, 0.3) is 5.91 Å². The lowest BCUT2D eigenvalue weighted by Crippen LogP contribution is -2.39. The van der Waals surface area contributed by atoms with Gasteiger partial charge >= 0.3 is 6.61 Å². The maximum atomic E-state index is 12.8. The van der Waals surface area contributed by atoms with E-state index in [4.69, 9.17) is 5.73 Å². The number of amides is 1. The second-order valence-electron chi connectivity index (χ2n) is 6.37. The predicted octanol–water partition coefficient (Wildman–Crippen LogP) is 3.32. The molecular weight excluding hydrogens is 352 g/mol. The Morgan fingerprint density at radius 3 is 2.52 bits per heavy atom. The highest BCUT2D eigenvalue weighted by Crippen LogP contribution is 2.38. The summed E-state index contributed by atoms with van der Waals surface area (Å²) in [6, 6.07) is 13.5. The van der Waals surface area contributed by atoms with Crippen LogP contribution >= 0.6 is 0 Å². The summed E-state index contributed by atoms with van der Waals surface area (Å²) in [6.07, 6.45) is 2.99. The van der Waals surface area contributed by atoms with Crippen LogP contribution in [0.2, 0.25) is 0 Å². The number of hydrogen-bond acceptors (Lipinski definition) is 4. The Morgan fingerprint density at radius 2 is 1.93 bits per heavy atom. The first-order valence-electron chi connectivity index (χ1n) is 8.77. The number of nitrogens with zero attached hydrogens (tertiary/aromatic N) is 1. The number of hydrogen-bond donors (Lipinski definition) is 2. The summed E-state index contributed by atoms with van der Waals surface area (Å²) in [7, 11) is 0.